The van der Waals surface area contributed by atoms with Crippen LogP contribution < -0.4 is 9.64 Å². The van der Waals surface area contributed by atoms with Gasteiger partial charge in [-0.25, -0.2) is 17.7 Å². The van der Waals surface area contributed by atoms with Crippen LogP contribution in [-0.4, -0.2) is 59.3 Å². The molecule has 0 aliphatic carbocycles. The molecule has 156 valence electrons. The first-order valence-corrected chi connectivity index (χ1v) is 11.4. The van der Waals surface area contributed by atoms with Crippen molar-refractivity contribution in [3.63, 3.8) is 0 Å². The number of sulfonamides is 1. The van der Waals surface area contributed by atoms with Crippen LogP contribution in [0.5, 0.6) is 5.75 Å². The van der Waals surface area contributed by atoms with Crippen LogP contribution >= 0.6 is 0 Å². The van der Waals surface area contributed by atoms with Crippen molar-refractivity contribution in [3.8, 4) is 5.75 Å². The Morgan fingerprint density at radius 3 is 2.66 bits per heavy atom. The van der Waals surface area contributed by atoms with E-state index in [9.17, 15) is 13.2 Å². The Balaban J connectivity index is 1.66. The van der Waals surface area contributed by atoms with Crippen molar-refractivity contribution in [1.29, 1.82) is 0 Å². The first-order valence-electron chi connectivity index (χ1n) is 9.53. The van der Waals surface area contributed by atoms with Gasteiger partial charge < -0.3 is 4.74 Å². The second-order valence-electron chi connectivity index (χ2n) is 7.71. The highest BCUT2D eigenvalue weighted by atomic mass is 32.2. The molecule has 2 aliphatic rings. The normalized spacial score (nSPS) is 20.1. The van der Waals surface area contributed by atoms with E-state index in [1.165, 1.54) is 10.6 Å². The maximum absolute atomic E-state index is 12.7. The van der Waals surface area contributed by atoms with Gasteiger partial charge in [-0.05, 0) is 32.4 Å². The van der Waals surface area contributed by atoms with Gasteiger partial charge in [-0.15, -0.1) is 0 Å². The minimum atomic E-state index is -3.22. The van der Waals surface area contributed by atoms with Gasteiger partial charge in [-0.1, -0.05) is 0 Å². The zero-order chi connectivity index (χ0) is 20.9. The van der Waals surface area contributed by atoms with E-state index in [1.54, 1.807) is 9.58 Å². The fraction of sp³-hybridized carbons (Fsp3) is 0.526. The number of aromatic nitrogens is 3. The van der Waals surface area contributed by atoms with E-state index in [-0.39, 0.29) is 18.4 Å². The van der Waals surface area contributed by atoms with Crippen molar-refractivity contribution in [2.45, 2.75) is 32.7 Å². The summed E-state index contributed by atoms with van der Waals surface area (Å²) in [4.78, 5) is 19.0. The Hall–Kier alpha value is -2.46. The summed E-state index contributed by atoms with van der Waals surface area (Å²) in [6.07, 6.45) is 1.93. The fourth-order valence-electron chi connectivity index (χ4n) is 3.96. The minimum Gasteiger partial charge on any atom is -0.480 e. The SMILES string of the molecule is Cc1nn(C)c(C)c1CN1C(=O)COc2ccc(C3CCN(S(C)(=O)=O)C3)nc21. The van der Waals surface area contributed by atoms with E-state index in [4.69, 9.17) is 9.72 Å². The van der Waals surface area contributed by atoms with E-state index in [0.717, 1.165) is 22.6 Å². The second kappa shape index (κ2) is 7.10. The van der Waals surface area contributed by atoms with Crippen LogP contribution in [0.4, 0.5) is 5.82 Å². The third-order valence-corrected chi connectivity index (χ3v) is 7.05. The summed E-state index contributed by atoms with van der Waals surface area (Å²) in [7, 11) is -1.34. The van der Waals surface area contributed by atoms with E-state index in [0.29, 0.717) is 37.6 Å². The molecule has 2 aromatic rings. The maximum atomic E-state index is 12.7. The monoisotopic (exact) mass is 419 g/mol. The van der Waals surface area contributed by atoms with Gasteiger partial charge in [0, 0.05) is 43.0 Å². The summed E-state index contributed by atoms with van der Waals surface area (Å²) < 4.78 is 32.5. The number of carbonyl (C=O) groups is 1. The van der Waals surface area contributed by atoms with Crippen LogP contribution in [0, 0.1) is 13.8 Å². The van der Waals surface area contributed by atoms with Gasteiger partial charge in [-0.3, -0.25) is 14.4 Å². The summed E-state index contributed by atoms with van der Waals surface area (Å²) in [6, 6.07) is 3.69. The van der Waals surface area contributed by atoms with Crippen molar-refractivity contribution >= 4 is 21.7 Å². The van der Waals surface area contributed by atoms with E-state index in [1.807, 2.05) is 33.0 Å². The molecule has 0 radical (unpaired) electrons. The molecule has 0 aromatic carbocycles. The molecule has 4 heterocycles. The molecule has 1 atom stereocenters. The average molecular weight is 420 g/mol. The number of aryl methyl sites for hydroxylation is 2. The summed E-state index contributed by atoms with van der Waals surface area (Å²) in [5.41, 5.74) is 3.64. The topological polar surface area (TPSA) is 97.6 Å². The smallest absolute Gasteiger partial charge is 0.266 e. The van der Waals surface area contributed by atoms with Gasteiger partial charge in [0.05, 0.1) is 18.5 Å². The molecule has 4 rings (SSSR count). The number of rotatable bonds is 4. The molecule has 2 aromatic heterocycles. The van der Waals surface area contributed by atoms with Crippen molar-refractivity contribution < 1.29 is 17.9 Å². The lowest BCUT2D eigenvalue weighted by atomic mass is 10.0. The lowest BCUT2D eigenvalue weighted by Gasteiger charge is -2.29. The highest BCUT2D eigenvalue weighted by Crippen LogP contribution is 2.35. The predicted molar refractivity (Wildman–Crippen MR) is 107 cm³/mol. The van der Waals surface area contributed by atoms with Crippen LogP contribution in [0.1, 0.15) is 35.0 Å². The summed E-state index contributed by atoms with van der Waals surface area (Å²) >= 11 is 0. The Morgan fingerprint density at radius 2 is 2.03 bits per heavy atom. The third-order valence-electron chi connectivity index (χ3n) is 5.78. The van der Waals surface area contributed by atoms with Crippen LogP contribution in [-0.2, 0) is 28.4 Å². The molecule has 1 saturated heterocycles. The Kier molecular flexibility index (Phi) is 4.86. The van der Waals surface area contributed by atoms with E-state index < -0.39 is 10.0 Å². The van der Waals surface area contributed by atoms with Crippen molar-refractivity contribution in [1.82, 2.24) is 19.1 Å². The van der Waals surface area contributed by atoms with Gasteiger partial charge in [0.15, 0.2) is 18.2 Å². The van der Waals surface area contributed by atoms with Gasteiger partial charge >= 0.3 is 0 Å². The highest BCUT2D eigenvalue weighted by molar-refractivity contribution is 7.88. The molecule has 29 heavy (non-hydrogen) atoms. The highest BCUT2D eigenvalue weighted by Gasteiger charge is 2.33. The lowest BCUT2D eigenvalue weighted by molar-refractivity contribution is -0.121. The average Bonchev–Trinajstić information content (AvgIpc) is 3.24. The minimum absolute atomic E-state index is 0.00392. The summed E-state index contributed by atoms with van der Waals surface area (Å²) in [5, 5.41) is 4.43. The Morgan fingerprint density at radius 1 is 1.28 bits per heavy atom. The van der Waals surface area contributed by atoms with Crippen LogP contribution in [0.15, 0.2) is 12.1 Å². The Labute approximate surface area is 170 Å². The molecule has 0 saturated carbocycles. The Bertz CT molecular complexity index is 1080. The lowest BCUT2D eigenvalue weighted by Crippen LogP contribution is -2.39. The first-order chi connectivity index (χ1) is 13.6. The van der Waals surface area contributed by atoms with Crippen molar-refractivity contribution in [2.75, 3.05) is 30.9 Å². The molecular weight excluding hydrogens is 394 g/mol. The number of ether oxygens (including phenoxy) is 1. The summed E-state index contributed by atoms with van der Waals surface area (Å²) in [6.45, 7) is 5.13. The number of nitrogens with zero attached hydrogens (tertiary/aromatic N) is 5. The molecular formula is C19H25N5O4S. The first kappa shape index (κ1) is 19.8. The molecule has 1 amide bonds. The molecule has 0 spiro atoms. The number of carbonyl (C=O) groups excluding carboxylic acids is 1. The van der Waals surface area contributed by atoms with Crippen LogP contribution in [0.25, 0.3) is 0 Å². The molecule has 10 heteroatoms. The third kappa shape index (κ3) is 3.62. The number of hydrogen-bond acceptors (Lipinski definition) is 6. The van der Waals surface area contributed by atoms with E-state index in [2.05, 4.69) is 5.10 Å². The molecule has 0 N–H and O–H groups in total. The van der Waals surface area contributed by atoms with Gasteiger partial charge in [0.2, 0.25) is 10.0 Å². The number of fused-ring (bicyclic) bond motifs is 1. The fourth-order valence-corrected chi connectivity index (χ4v) is 4.85. The van der Waals surface area contributed by atoms with Crippen molar-refractivity contribution in [3.05, 3.63) is 34.8 Å². The summed E-state index contributed by atoms with van der Waals surface area (Å²) in [5.74, 6) is 0.884. The van der Waals surface area contributed by atoms with Gasteiger partial charge in [-0.2, -0.15) is 5.10 Å². The zero-order valence-corrected chi connectivity index (χ0v) is 17.9. The quantitative estimate of drug-likeness (QED) is 0.736. The molecule has 0 bridgehead atoms. The van der Waals surface area contributed by atoms with Crippen molar-refractivity contribution in [2.24, 2.45) is 7.05 Å². The molecule has 1 fully saturated rings. The number of amides is 1. The number of anilines is 1. The largest absolute Gasteiger partial charge is 0.480 e. The van der Waals surface area contributed by atoms with Crippen LogP contribution in [0.3, 0.4) is 0 Å². The van der Waals surface area contributed by atoms with Gasteiger partial charge in [0.1, 0.15) is 0 Å². The molecule has 9 nitrogen and oxygen atoms in total. The molecule has 1 unspecified atom stereocenters. The predicted octanol–water partition coefficient (Wildman–Crippen LogP) is 1.11. The number of pyridine rings is 1. The molecule has 2 aliphatic heterocycles. The standard InChI is InChI=1S/C19H25N5O4S/c1-12-15(13(2)22(3)21-12)10-24-18(25)11-28-17-6-5-16(20-19(17)24)14-7-8-23(9-14)29(4,26)27/h5-6,14H,7-11H2,1-4H3. The van der Waals surface area contributed by atoms with Crippen LogP contribution in [0.2, 0.25) is 0 Å². The van der Waals surface area contributed by atoms with E-state index >= 15 is 0 Å². The number of hydrogen-bond donors (Lipinski definition) is 0. The second-order valence-corrected chi connectivity index (χ2v) is 9.69. The van der Waals surface area contributed by atoms with Gasteiger partial charge in [0.25, 0.3) is 5.91 Å². The zero-order valence-electron chi connectivity index (χ0n) is 17.0. The maximum Gasteiger partial charge on any atom is 0.266 e.